The molecule has 6 heteroatoms. The number of hydrogen-bond acceptors (Lipinski definition) is 3. The van der Waals surface area contributed by atoms with Gasteiger partial charge in [-0.3, -0.25) is 9.59 Å². The molecule has 1 heterocycles. The van der Waals surface area contributed by atoms with Gasteiger partial charge in [-0.2, -0.15) is 5.26 Å². The third-order valence-corrected chi connectivity index (χ3v) is 4.65. The van der Waals surface area contributed by atoms with Crippen LogP contribution < -0.4 is 10.2 Å². The average Bonchev–Trinajstić information content (AvgIpc) is 3.00. The number of aryl methyl sites for hydroxylation is 1. The molecule has 0 aromatic heterocycles. The fraction of sp³-hybridized carbons (Fsp3) is 0.211. The van der Waals surface area contributed by atoms with Crippen LogP contribution >= 0.6 is 11.6 Å². The summed E-state index contributed by atoms with van der Waals surface area (Å²) < 4.78 is 0. The highest BCUT2D eigenvalue weighted by atomic mass is 35.5. The maximum atomic E-state index is 12.4. The highest BCUT2D eigenvalue weighted by Crippen LogP contribution is 2.29. The Hall–Kier alpha value is -2.84. The van der Waals surface area contributed by atoms with Gasteiger partial charge in [0.2, 0.25) is 11.8 Å². The molecule has 1 unspecified atom stereocenters. The van der Waals surface area contributed by atoms with Gasteiger partial charge >= 0.3 is 0 Å². The lowest BCUT2D eigenvalue weighted by molar-refractivity contribution is -0.122. The number of halogens is 1. The van der Waals surface area contributed by atoms with E-state index in [1.54, 1.807) is 35.2 Å². The number of carbonyl (C=O) groups excluding carboxylic acids is 2. The number of nitrogens with one attached hydrogen (secondary N) is 1. The minimum absolute atomic E-state index is 0.0973. The molecule has 1 N–H and O–H groups in total. The number of anilines is 2. The Morgan fingerprint density at radius 1 is 1.28 bits per heavy atom. The van der Waals surface area contributed by atoms with E-state index in [1.807, 2.05) is 25.1 Å². The zero-order valence-electron chi connectivity index (χ0n) is 13.6. The topological polar surface area (TPSA) is 73.2 Å². The molecule has 1 aliphatic heterocycles. The lowest BCUT2D eigenvalue weighted by atomic mass is 10.1. The van der Waals surface area contributed by atoms with Crippen molar-refractivity contribution in [3.8, 4) is 6.07 Å². The molecular weight excluding hydrogens is 338 g/mol. The van der Waals surface area contributed by atoms with Gasteiger partial charge in [-0.05, 0) is 48.9 Å². The molecule has 3 rings (SSSR count). The summed E-state index contributed by atoms with van der Waals surface area (Å²) in [5.74, 6) is -0.734. The number of nitrogens with zero attached hydrogens (tertiary/aromatic N) is 2. The highest BCUT2D eigenvalue weighted by molar-refractivity contribution is 6.31. The monoisotopic (exact) mass is 353 g/mol. The third-order valence-electron chi connectivity index (χ3n) is 4.24. The molecule has 1 aliphatic rings. The summed E-state index contributed by atoms with van der Waals surface area (Å²) >= 11 is 6.13. The largest absolute Gasteiger partial charge is 0.326 e. The third kappa shape index (κ3) is 3.65. The van der Waals surface area contributed by atoms with Crippen LogP contribution in [0, 0.1) is 24.2 Å². The summed E-state index contributed by atoms with van der Waals surface area (Å²) in [4.78, 5) is 26.3. The Morgan fingerprint density at radius 3 is 2.64 bits per heavy atom. The predicted octanol–water partition coefficient (Wildman–Crippen LogP) is 3.51. The molecule has 5 nitrogen and oxygen atoms in total. The second-order valence-electron chi connectivity index (χ2n) is 6.02. The van der Waals surface area contributed by atoms with Gasteiger partial charge in [0, 0.05) is 29.4 Å². The first-order valence-electron chi connectivity index (χ1n) is 7.85. The molecular formula is C19H16ClN3O2. The van der Waals surface area contributed by atoms with Gasteiger partial charge in [0.15, 0.2) is 0 Å². The van der Waals surface area contributed by atoms with Gasteiger partial charge in [-0.1, -0.05) is 17.7 Å². The van der Waals surface area contributed by atoms with Crippen LogP contribution in [0.3, 0.4) is 0 Å². The van der Waals surface area contributed by atoms with Gasteiger partial charge in [-0.25, -0.2) is 0 Å². The summed E-state index contributed by atoms with van der Waals surface area (Å²) in [6, 6.07) is 14.1. The summed E-state index contributed by atoms with van der Waals surface area (Å²) in [7, 11) is 0. The smallest absolute Gasteiger partial charge is 0.229 e. The molecule has 0 spiro atoms. The van der Waals surface area contributed by atoms with Crippen LogP contribution in [0.15, 0.2) is 42.5 Å². The molecule has 0 saturated carbocycles. The Bertz CT molecular complexity index is 871. The Labute approximate surface area is 150 Å². The molecule has 0 bridgehead atoms. The van der Waals surface area contributed by atoms with Crippen molar-refractivity contribution in [2.24, 2.45) is 5.92 Å². The molecule has 126 valence electrons. The standard InChI is InChI=1S/C19H16ClN3O2/c1-12-2-7-16(9-17(12)20)23-11-14(8-18(23)24)19(25)22-15-5-3-13(10-21)4-6-15/h2-7,9,14H,8,11H2,1H3,(H,22,25). The second-order valence-corrected chi connectivity index (χ2v) is 6.42. The molecule has 25 heavy (non-hydrogen) atoms. The molecule has 2 amide bonds. The number of benzene rings is 2. The summed E-state index contributed by atoms with van der Waals surface area (Å²) in [6.45, 7) is 2.21. The zero-order chi connectivity index (χ0) is 18.0. The van der Waals surface area contributed by atoms with E-state index >= 15 is 0 Å². The van der Waals surface area contributed by atoms with Crippen molar-refractivity contribution in [1.82, 2.24) is 0 Å². The van der Waals surface area contributed by atoms with Crippen molar-refractivity contribution in [2.75, 3.05) is 16.8 Å². The van der Waals surface area contributed by atoms with Crippen LogP contribution in [0.4, 0.5) is 11.4 Å². The number of rotatable bonds is 3. The SMILES string of the molecule is Cc1ccc(N2CC(C(=O)Nc3ccc(C#N)cc3)CC2=O)cc1Cl. The van der Waals surface area contributed by atoms with Crippen molar-refractivity contribution < 1.29 is 9.59 Å². The van der Waals surface area contributed by atoms with E-state index in [-0.39, 0.29) is 18.2 Å². The normalized spacial score (nSPS) is 16.6. The fourth-order valence-electron chi connectivity index (χ4n) is 2.75. The van der Waals surface area contributed by atoms with Crippen molar-refractivity contribution in [3.05, 3.63) is 58.6 Å². The van der Waals surface area contributed by atoms with E-state index in [9.17, 15) is 9.59 Å². The average molecular weight is 354 g/mol. The molecule has 1 fully saturated rings. The van der Waals surface area contributed by atoms with Crippen LogP contribution in [-0.2, 0) is 9.59 Å². The summed E-state index contributed by atoms with van der Waals surface area (Å²) in [6.07, 6.45) is 0.160. The quantitative estimate of drug-likeness (QED) is 0.917. The zero-order valence-corrected chi connectivity index (χ0v) is 14.4. The van der Waals surface area contributed by atoms with Crippen LogP contribution in [0.1, 0.15) is 17.5 Å². The summed E-state index contributed by atoms with van der Waals surface area (Å²) in [5.41, 5.74) is 2.77. The second kappa shape index (κ2) is 6.96. The first-order valence-corrected chi connectivity index (χ1v) is 8.23. The van der Waals surface area contributed by atoms with Crippen molar-refractivity contribution >= 4 is 34.8 Å². The van der Waals surface area contributed by atoms with E-state index in [0.717, 1.165) is 5.56 Å². The van der Waals surface area contributed by atoms with Gasteiger partial charge < -0.3 is 10.2 Å². The van der Waals surface area contributed by atoms with E-state index in [0.29, 0.717) is 28.5 Å². The Morgan fingerprint density at radius 2 is 2.00 bits per heavy atom. The number of carbonyl (C=O) groups is 2. The highest BCUT2D eigenvalue weighted by Gasteiger charge is 2.35. The van der Waals surface area contributed by atoms with Crippen molar-refractivity contribution in [1.29, 1.82) is 5.26 Å². The maximum Gasteiger partial charge on any atom is 0.229 e. The van der Waals surface area contributed by atoms with Gasteiger partial charge in [0.1, 0.15) is 0 Å². The number of nitriles is 1. The minimum Gasteiger partial charge on any atom is -0.326 e. The van der Waals surface area contributed by atoms with E-state index in [2.05, 4.69) is 5.32 Å². The number of amides is 2. The first kappa shape index (κ1) is 17.0. The molecule has 1 saturated heterocycles. The van der Waals surface area contributed by atoms with Gasteiger partial charge in [-0.15, -0.1) is 0 Å². The first-order chi connectivity index (χ1) is 12.0. The van der Waals surface area contributed by atoms with Crippen LogP contribution in [0.2, 0.25) is 5.02 Å². The minimum atomic E-state index is -0.428. The van der Waals surface area contributed by atoms with Gasteiger partial charge in [0.25, 0.3) is 0 Å². The lowest BCUT2D eigenvalue weighted by Crippen LogP contribution is -2.28. The number of hydrogen-bond donors (Lipinski definition) is 1. The van der Waals surface area contributed by atoms with Gasteiger partial charge in [0.05, 0.1) is 17.6 Å². The van der Waals surface area contributed by atoms with E-state index in [1.165, 1.54) is 0 Å². The maximum absolute atomic E-state index is 12.4. The van der Waals surface area contributed by atoms with Crippen molar-refractivity contribution in [3.63, 3.8) is 0 Å². The van der Waals surface area contributed by atoms with Crippen LogP contribution in [0.5, 0.6) is 0 Å². The van der Waals surface area contributed by atoms with Crippen molar-refractivity contribution in [2.45, 2.75) is 13.3 Å². The molecule has 2 aromatic carbocycles. The summed E-state index contributed by atoms with van der Waals surface area (Å²) in [5, 5.41) is 12.2. The molecule has 1 atom stereocenters. The van der Waals surface area contributed by atoms with Crippen LogP contribution in [-0.4, -0.2) is 18.4 Å². The van der Waals surface area contributed by atoms with E-state index < -0.39 is 5.92 Å². The predicted molar refractivity (Wildman–Crippen MR) is 96.4 cm³/mol. The van der Waals surface area contributed by atoms with Crippen LogP contribution in [0.25, 0.3) is 0 Å². The fourth-order valence-corrected chi connectivity index (χ4v) is 2.93. The Balaban J connectivity index is 1.69. The Kier molecular flexibility index (Phi) is 4.73. The molecule has 2 aromatic rings. The molecule has 0 aliphatic carbocycles. The molecule has 0 radical (unpaired) electrons. The lowest BCUT2D eigenvalue weighted by Gasteiger charge is -2.17. The van der Waals surface area contributed by atoms with E-state index in [4.69, 9.17) is 16.9 Å².